The molecule has 0 aliphatic heterocycles. The number of rotatable bonds is 2. The van der Waals surface area contributed by atoms with E-state index in [0.29, 0.717) is 11.1 Å². The number of hydrogen-bond donors (Lipinski definition) is 0. The second-order valence-corrected chi connectivity index (χ2v) is 5.52. The zero-order valence-electron chi connectivity index (χ0n) is 11.3. The molecular weight excluding hydrogens is 256 g/mol. The maximum atomic E-state index is 6.27. The first-order valence-corrected chi connectivity index (χ1v) is 7.16. The van der Waals surface area contributed by atoms with Crippen LogP contribution in [-0.4, -0.2) is 9.97 Å². The largest absolute Gasteiger partial charge is 0.238 e. The van der Waals surface area contributed by atoms with Gasteiger partial charge in [0.25, 0.3) is 0 Å². The molecule has 0 radical (unpaired) electrons. The van der Waals surface area contributed by atoms with E-state index >= 15 is 0 Å². The van der Waals surface area contributed by atoms with Crippen LogP contribution in [0.2, 0.25) is 5.15 Å². The predicted octanol–water partition coefficient (Wildman–Crippen LogP) is 3.88. The molecule has 0 atom stereocenters. The molecule has 3 rings (SSSR count). The minimum atomic E-state index is 0.375. The molecule has 0 spiro atoms. The molecule has 1 aliphatic rings. The smallest absolute Gasteiger partial charge is 0.136 e. The molecule has 98 valence electrons. The van der Waals surface area contributed by atoms with Crippen LogP contribution in [0.25, 0.3) is 0 Å². The van der Waals surface area contributed by atoms with Gasteiger partial charge in [0.15, 0.2) is 0 Å². The fourth-order valence-corrected chi connectivity index (χ4v) is 3.26. The highest BCUT2D eigenvalue weighted by molar-refractivity contribution is 6.30. The first kappa shape index (κ1) is 12.6. The Morgan fingerprint density at radius 2 is 1.79 bits per heavy atom. The van der Waals surface area contributed by atoms with Crippen LogP contribution in [0.5, 0.6) is 0 Å². The van der Waals surface area contributed by atoms with Gasteiger partial charge in [-0.1, -0.05) is 42.8 Å². The van der Waals surface area contributed by atoms with Crippen LogP contribution in [0, 0.1) is 6.92 Å². The van der Waals surface area contributed by atoms with Crippen molar-refractivity contribution in [3.8, 4) is 0 Å². The topological polar surface area (TPSA) is 25.8 Å². The highest BCUT2D eigenvalue weighted by Gasteiger charge is 2.25. The monoisotopic (exact) mass is 272 g/mol. The fourth-order valence-electron chi connectivity index (χ4n) is 2.91. The van der Waals surface area contributed by atoms with Crippen molar-refractivity contribution in [2.75, 3.05) is 0 Å². The van der Waals surface area contributed by atoms with Crippen molar-refractivity contribution < 1.29 is 0 Å². The van der Waals surface area contributed by atoms with Crippen molar-refractivity contribution in [3.63, 3.8) is 0 Å². The van der Waals surface area contributed by atoms with Gasteiger partial charge >= 0.3 is 0 Å². The molecule has 1 heterocycles. The first-order chi connectivity index (χ1) is 9.19. The summed E-state index contributed by atoms with van der Waals surface area (Å²) in [6.07, 6.45) is 2.94. The normalized spacial score (nSPS) is 14.7. The zero-order chi connectivity index (χ0) is 13.4. The Balaban J connectivity index is 1.94. The molecule has 0 saturated heterocycles. The van der Waals surface area contributed by atoms with Gasteiger partial charge in [0.2, 0.25) is 0 Å². The summed E-state index contributed by atoms with van der Waals surface area (Å²) in [5, 5.41) is 0.626. The maximum absolute atomic E-state index is 6.27. The summed E-state index contributed by atoms with van der Waals surface area (Å²) in [7, 11) is 0. The lowest BCUT2D eigenvalue weighted by atomic mass is 10.0. The molecule has 0 fully saturated rings. The molecular formula is C16H17ClN2. The highest BCUT2D eigenvalue weighted by Crippen LogP contribution is 2.33. The Labute approximate surface area is 118 Å². The van der Waals surface area contributed by atoms with E-state index in [1.807, 2.05) is 6.92 Å². The second kappa shape index (κ2) is 4.93. The summed E-state index contributed by atoms with van der Waals surface area (Å²) in [6, 6.07) is 8.59. The molecule has 0 unspecified atom stereocenters. The second-order valence-electron chi connectivity index (χ2n) is 5.16. The van der Waals surface area contributed by atoms with Crippen LogP contribution in [0.1, 0.15) is 41.1 Å². The molecule has 0 bridgehead atoms. The van der Waals surface area contributed by atoms with Gasteiger partial charge in [-0.05, 0) is 37.3 Å². The average Bonchev–Trinajstić information content (AvgIpc) is 2.82. The molecule has 1 aromatic carbocycles. The van der Waals surface area contributed by atoms with Crippen LogP contribution in [0.4, 0.5) is 0 Å². The Bertz CT molecular complexity index is 574. The van der Waals surface area contributed by atoms with Crippen molar-refractivity contribution in [3.05, 3.63) is 57.6 Å². The summed E-state index contributed by atoms with van der Waals surface area (Å²) in [5.41, 5.74) is 4.93. The van der Waals surface area contributed by atoms with E-state index < -0.39 is 0 Å². The van der Waals surface area contributed by atoms with Gasteiger partial charge in [-0.15, -0.1) is 0 Å². The van der Waals surface area contributed by atoms with E-state index in [-0.39, 0.29) is 0 Å². The molecule has 2 nitrogen and oxygen atoms in total. The van der Waals surface area contributed by atoms with Crippen molar-refractivity contribution >= 4 is 11.6 Å². The van der Waals surface area contributed by atoms with Gasteiger partial charge in [0, 0.05) is 17.2 Å². The lowest BCUT2D eigenvalue weighted by molar-refractivity contribution is 0.674. The van der Waals surface area contributed by atoms with Gasteiger partial charge in [0.05, 0.1) is 0 Å². The number of benzene rings is 1. The summed E-state index contributed by atoms with van der Waals surface area (Å²) in [5.74, 6) is 1.27. The van der Waals surface area contributed by atoms with Crippen LogP contribution in [0.15, 0.2) is 24.3 Å². The molecule has 2 aromatic rings. The number of hydrogen-bond acceptors (Lipinski definition) is 2. The third-order valence-electron chi connectivity index (χ3n) is 3.95. The Morgan fingerprint density at radius 1 is 1.16 bits per heavy atom. The lowest BCUT2D eigenvalue weighted by Gasteiger charge is -2.12. The third kappa shape index (κ3) is 2.25. The van der Waals surface area contributed by atoms with Gasteiger partial charge in [-0.2, -0.15) is 0 Å². The minimum absolute atomic E-state index is 0.375. The van der Waals surface area contributed by atoms with Crippen LogP contribution in [0.3, 0.4) is 0 Å². The minimum Gasteiger partial charge on any atom is -0.238 e. The highest BCUT2D eigenvalue weighted by atomic mass is 35.5. The average molecular weight is 273 g/mol. The van der Waals surface area contributed by atoms with Crippen LogP contribution >= 0.6 is 11.6 Å². The van der Waals surface area contributed by atoms with Crippen molar-refractivity contribution in [1.82, 2.24) is 9.97 Å². The summed E-state index contributed by atoms with van der Waals surface area (Å²) >= 11 is 6.27. The van der Waals surface area contributed by atoms with E-state index in [9.17, 15) is 0 Å². The van der Waals surface area contributed by atoms with Gasteiger partial charge < -0.3 is 0 Å². The zero-order valence-corrected chi connectivity index (χ0v) is 12.0. The lowest BCUT2D eigenvalue weighted by Crippen LogP contribution is -2.08. The molecule has 0 saturated carbocycles. The standard InChI is InChI=1S/C16H17ClN2/c1-3-14-10(2)18-16(19-15(14)17)13-8-11-6-4-5-7-12(11)9-13/h4-7,13H,3,8-9H2,1-2H3. The Morgan fingerprint density at radius 3 is 2.32 bits per heavy atom. The molecule has 1 aliphatic carbocycles. The first-order valence-electron chi connectivity index (χ1n) is 6.78. The van der Waals surface area contributed by atoms with Gasteiger partial charge in [0.1, 0.15) is 11.0 Å². The van der Waals surface area contributed by atoms with E-state index in [1.165, 1.54) is 11.1 Å². The van der Waals surface area contributed by atoms with Crippen molar-refractivity contribution in [2.45, 2.75) is 39.0 Å². The van der Waals surface area contributed by atoms with Gasteiger partial charge in [-0.3, -0.25) is 0 Å². The third-order valence-corrected chi connectivity index (χ3v) is 4.26. The Kier molecular flexibility index (Phi) is 3.28. The van der Waals surface area contributed by atoms with E-state index in [1.54, 1.807) is 0 Å². The number of aromatic nitrogens is 2. The summed E-state index contributed by atoms with van der Waals surface area (Å²) < 4.78 is 0. The molecule has 1 aromatic heterocycles. The van der Waals surface area contributed by atoms with Gasteiger partial charge in [-0.25, -0.2) is 9.97 Å². The van der Waals surface area contributed by atoms with Crippen LogP contribution in [-0.2, 0) is 19.3 Å². The van der Waals surface area contributed by atoms with Crippen molar-refractivity contribution in [2.24, 2.45) is 0 Å². The quantitative estimate of drug-likeness (QED) is 0.776. The SMILES string of the molecule is CCc1c(C)nc(C2Cc3ccccc3C2)nc1Cl. The van der Waals surface area contributed by atoms with Crippen LogP contribution < -0.4 is 0 Å². The molecule has 0 N–H and O–H groups in total. The molecule has 3 heteroatoms. The fraction of sp³-hybridized carbons (Fsp3) is 0.375. The number of halogens is 1. The number of nitrogens with zero attached hydrogens (tertiary/aromatic N) is 2. The molecule has 0 amide bonds. The Hall–Kier alpha value is -1.41. The van der Waals surface area contributed by atoms with Crippen molar-refractivity contribution in [1.29, 1.82) is 0 Å². The predicted molar refractivity (Wildman–Crippen MR) is 77.7 cm³/mol. The summed E-state index contributed by atoms with van der Waals surface area (Å²) in [4.78, 5) is 9.20. The van der Waals surface area contributed by atoms with E-state index in [0.717, 1.165) is 36.3 Å². The number of aryl methyl sites for hydroxylation is 1. The number of fused-ring (bicyclic) bond motifs is 1. The molecule has 19 heavy (non-hydrogen) atoms. The van der Waals surface area contributed by atoms with E-state index in [4.69, 9.17) is 11.6 Å². The summed E-state index contributed by atoms with van der Waals surface area (Å²) in [6.45, 7) is 4.11. The van der Waals surface area contributed by atoms with E-state index in [2.05, 4.69) is 41.2 Å². The maximum Gasteiger partial charge on any atom is 0.136 e.